The molecule has 3 fully saturated rings. The van der Waals surface area contributed by atoms with Crippen molar-refractivity contribution in [2.75, 3.05) is 32.9 Å². The minimum absolute atomic E-state index is 0.0423. The zero-order valence-electron chi connectivity index (χ0n) is 15.9. The summed E-state index contributed by atoms with van der Waals surface area (Å²) in [7, 11) is 0. The number of aliphatic hydroxyl groups is 1. The maximum absolute atomic E-state index is 13.4. The molecule has 7 nitrogen and oxygen atoms in total. The Labute approximate surface area is 164 Å². The Morgan fingerprint density at radius 3 is 2.86 bits per heavy atom. The largest absolute Gasteiger partial charge is 0.486 e. The van der Waals surface area contributed by atoms with Crippen molar-refractivity contribution >= 4 is 11.8 Å². The van der Waals surface area contributed by atoms with Gasteiger partial charge in [-0.05, 0) is 43.2 Å². The average molecular weight is 386 g/mol. The molecule has 4 heterocycles. The number of fused-ring (bicyclic) bond motifs is 5. The molecule has 3 saturated heterocycles. The predicted octanol–water partition coefficient (Wildman–Crippen LogP) is 1.29. The van der Waals surface area contributed by atoms with Crippen LogP contribution in [0.15, 0.2) is 18.2 Å². The number of ether oxygens (including phenoxy) is 2. The number of hydrogen-bond acceptors (Lipinski definition) is 5. The van der Waals surface area contributed by atoms with Gasteiger partial charge in [-0.2, -0.15) is 0 Å². The highest BCUT2D eigenvalue weighted by Gasteiger charge is 2.50. The number of piperidine rings is 3. The standard InChI is InChI=1S/C21H26N2O5/c24-12-17-14-9-13(16-4-2-6-19(25)23(16)17)10-22(11-14)21(26)15-3-1-5-18-20(15)28-8-7-27-18/h1,3,5,13-14,16-17,24H,2,4,6-12H2/t13-,14+,16+,17+/m1/s1. The van der Waals surface area contributed by atoms with Crippen molar-refractivity contribution in [3.05, 3.63) is 23.8 Å². The van der Waals surface area contributed by atoms with Gasteiger partial charge in [0.15, 0.2) is 11.5 Å². The van der Waals surface area contributed by atoms with Gasteiger partial charge in [-0.3, -0.25) is 9.59 Å². The van der Waals surface area contributed by atoms with Crippen molar-refractivity contribution in [2.24, 2.45) is 11.8 Å². The molecule has 0 spiro atoms. The normalized spacial score (nSPS) is 31.4. The molecule has 0 unspecified atom stereocenters. The first-order valence-electron chi connectivity index (χ1n) is 10.3. The third kappa shape index (κ3) is 2.75. The molecular weight excluding hydrogens is 360 g/mol. The van der Waals surface area contributed by atoms with Gasteiger partial charge in [-0.1, -0.05) is 6.07 Å². The van der Waals surface area contributed by atoms with E-state index in [1.807, 2.05) is 21.9 Å². The first-order chi connectivity index (χ1) is 13.7. The van der Waals surface area contributed by atoms with Gasteiger partial charge in [0.05, 0.1) is 18.2 Å². The highest BCUT2D eigenvalue weighted by atomic mass is 16.6. The Morgan fingerprint density at radius 1 is 1.18 bits per heavy atom. The van der Waals surface area contributed by atoms with Gasteiger partial charge in [0, 0.05) is 25.6 Å². The van der Waals surface area contributed by atoms with Crippen molar-refractivity contribution in [2.45, 2.75) is 37.8 Å². The number of rotatable bonds is 2. The molecule has 2 amide bonds. The van der Waals surface area contributed by atoms with Crippen LogP contribution in [0, 0.1) is 11.8 Å². The number of amides is 2. The Morgan fingerprint density at radius 2 is 2.00 bits per heavy atom. The summed E-state index contributed by atoms with van der Waals surface area (Å²) in [6.45, 7) is 2.09. The van der Waals surface area contributed by atoms with E-state index in [1.165, 1.54) is 0 Å². The van der Waals surface area contributed by atoms with E-state index < -0.39 is 0 Å². The van der Waals surface area contributed by atoms with Crippen molar-refractivity contribution < 1.29 is 24.2 Å². The smallest absolute Gasteiger partial charge is 0.257 e. The minimum Gasteiger partial charge on any atom is -0.486 e. The van der Waals surface area contributed by atoms with Crippen LogP contribution in [-0.4, -0.2) is 71.7 Å². The Hall–Kier alpha value is -2.28. The van der Waals surface area contributed by atoms with Gasteiger partial charge in [-0.15, -0.1) is 0 Å². The van der Waals surface area contributed by atoms with E-state index in [4.69, 9.17) is 9.47 Å². The molecule has 4 aliphatic rings. The van der Waals surface area contributed by atoms with Crippen LogP contribution < -0.4 is 9.47 Å². The van der Waals surface area contributed by atoms with Gasteiger partial charge < -0.3 is 24.4 Å². The molecule has 2 bridgehead atoms. The van der Waals surface area contributed by atoms with Crippen LogP contribution >= 0.6 is 0 Å². The lowest BCUT2D eigenvalue weighted by Gasteiger charge is -2.56. The van der Waals surface area contributed by atoms with Gasteiger partial charge in [0.25, 0.3) is 5.91 Å². The third-order valence-electron chi connectivity index (χ3n) is 6.77. The van der Waals surface area contributed by atoms with Crippen LogP contribution in [0.5, 0.6) is 11.5 Å². The summed E-state index contributed by atoms with van der Waals surface area (Å²) in [6, 6.07) is 5.39. The van der Waals surface area contributed by atoms with Crippen molar-refractivity contribution in [3.8, 4) is 11.5 Å². The SMILES string of the molecule is O=C(c1cccc2c1OCCO2)N1C[C@H]2C[C@@H](C1)[C@H](CO)N1C(=O)CCC[C@@H]21. The molecular formula is C21H26N2O5. The fourth-order valence-electron chi connectivity index (χ4n) is 5.59. The van der Waals surface area contributed by atoms with Crippen molar-refractivity contribution in [1.82, 2.24) is 9.80 Å². The summed E-state index contributed by atoms with van der Waals surface area (Å²) < 4.78 is 11.4. The summed E-state index contributed by atoms with van der Waals surface area (Å²) in [4.78, 5) is 29.7. The number of likely N-dealkylation sites (tertiary alicyclic amines) is 1. The molecule has 1 N–H and O–H groups in total. The van der Waals surface area contributed by atoms with Crippen molar-refractivity contribution in [1.29, 1.82) is 0 Å². The van der Waals surface area contributed by atoms with E-state index in [9.17, 15) is 14.7 Å². The van der Waals surface area contributed by atoms with Crippen LogP contribution in [-0.2, 0) is 4.79 Å². The highest BCUT2D eigenvalue weighted by Crippen LogP contribution is 2.42. The molecule has 1 aromatic rings. The lowest BCUT2D eigenvalue weighted by atomic mass is 9.72. The number of nitrogens with zero attached hydrogens (tertiary/aromatic N) is 2. The van der Waals surface area contributed by atoms with Crippen LogP contribution in [0.1, 0.15) is 36.0 Å². The van der Waals surface area contributed by atoms with Crippen LogP contribution in [0.2, 0.25) is 0 Å². The Kier molecular flexibility index (Phi) is 4.42. The summed E-state index contributed by atoms with van der Waals surface area (Å²) in [6.07, 6.45) is 3.39. The number of para-hydroxylation sites is 1. The first kappa shape index (κ1) is 17.8. The summed E-state index contributed by atoms with van der Waals surface area (Å²) >= 11 is 0. The van der Waals surface area contributed by atoms with Gasteiger partial charge in [0.1, 0.15) is 13.2 Å². The summed E-state index contributed by atoms with van der Waals surface area (Å²) in [5.41, 5.74) is 0.536. The first-order valence-corrected chi connectivity index (χ1v) is 10.3. The highest BCUT2D eigenvalue weighted by molar-refractivity contribution is 5.98. The molecule has 4 aliphatic heterocycles. The lowest BCUT2D eigenvalue weighted by Crippen LogP contribution is -2.66. The van der Waals surface area contributed by atoms with Crippen LogP contribution in [0.3, 0.4) is 0 Å². The number of hydrogen-bond donors (Lipinski definition) is 1. The van der Waals surface area contributed by atoms with Gasteiger partial charge >= 0.3 is 0 Å². The minimum atomic E-state index is -0.186. The van der Waals surface area contributed by atoms with E-state index in [1.54, 1.807) is 6.07 Å². The van der Waals surface area contributed by atoms with E-state index in [2.05, 4.69) is 0 Å². The Bertz CT molecular complexity index is 783. The summed E-state index contributed by atoms with van der Waals surface area (Å²) in [5.74, 6) is 1.64. The second-order valence-electron chi connectivity index (χ2n) is 8.31. The average Bonchev–Trinajstić information content (AvgIpc) is 2.73. The fourth-order valence-corrected chi connectivity index (χ4v) is 5.59. The predicted molar refractivity (Wildman–Crippen MR) is 100 cm³/mol. The monoisotopic (exact) mass is 386 g/mol. The third-order valence-corrected chi connectivity index (χ3v) is 6.77. The number of carbonyl (C=O) groups is 2. The number of benzene rings is 1. The molecule has 0 aromatic heterocycles. The quantitative estimate of drug-likeness (QED) is 0.829. The maximum Gasteiger partial charge on any atom is 0.257 e. The van der Waals surface area contributed by atoms with Crippen molar-refractivity contribution in [3.63, 3.8) is 0 Å². The van der Waals surface area contributed by atoms with E-state index in [0.29, 0.717) is 49.8 Å². The molecule has 1 aromatic carbocycles. The number of aliphatic hydroxyl groups excluding tert-OH is 1. The molecule has 7 heteroatoms. The molecule has 150 valence electrons. The van der Waals surface area contributed by atoms with E-state index in [0.717, 1.165) is 19.3 Å². The zero-order chi connectivity index (χ0) is 19.3. The lowest BCUT2D eigenvalue weighted by molar-refractivity contribution is -0.154. The second kappa shape index (κ2) is 6.95. The zero-order valence-corrected chi connectivity index (χ0v) is 15.9. The van der Waals surface area contributed by atoms with E-state index >= 15 is 0 Å². The molecule has 0 aliphatic carbocycles. The topological polar surface area (TPSA) is 79.3 Å². The second-order valence-corrected chi connectivity index (χ2v) is 8.31. The summed E-state index contributed by atoms with van der Waals surface area (Å²) in [5, 5.41) is 10.0. The molecule has 5 rings (SSSR count). The van der Waals surface area contributed by atoms with E-state index in [-0.39, 0.29) is 42.3 Å². The molecule has 0 saturated carbocycles. The number of carbonyl (C=O) groups excluding carboxylic acids is 2. The van der Waals surface area contributed by atoms with Gasteiger partial charge in [-0.25, -0.2) is 0 Å². The maximum atomic E-state index is 13.4. The molecule has 4 atom stereocenters. The Balaban J connectivity index is 1.43. The van der Waals surface area contributed by atoms with Crippen LogP contribution in [0.25, 0.3) is 0 Å². The van der Waals surface area contributed by atoms with Gasteiger partial charge in [0.2, 0.25) is 5.91 Å². The van der Waals surface area contributed by atoms with Crippen LogP contribution in [0.4, 0.5) is 0 Å². The fraction of sp³-hybridized carbons (Fsp3) is 0.619. The molecule has 28 heavy (non-hydrogen) atoms. The molecule has 0 radical (unpaired) electrons.